The minimum Gasteiger partial charge on any atom is -0.358 e. The van der Waals surface area contributed by atoms with Crippen LogP contribution >= 0.6 is 0 Å². The lowest BCUT2D eigenvalue weighted by molar-refractivity contribution is -0.146. The van der Waals surface area contributed by atoms with Crippen LogP contribution < -0.4 is 0 Å². The van der Waals surface area contributed by atoms with Gasteiger partial charge in [0.25, 0.3) is 0 Å². The van der Waals surface area contributed by atoms with Gasteiger partial charge in [-0.25, -0.2) is 0 Å². The molecule has 0 saturated heterocycles. The normalized spacial score (nSPS) is 14.2. The van der Waals surface area contributed by atoms with Gasteiger partial charge < -0.3 is 18.9 Å². The highest BCUT2D eigenvalue weighted by Crippen LogP contribution is 2.19. The third-order valence-corrected chi connectivity index (χ3v) is 9.57. The topological polar surface area (TPSA) is 36.9 Å². The van der Waals surface area contributed by atoms with Gasteiger partial charge in [0.15, 0.2) is 0 Å². The van der Waals surface area contributed by atoms with Crippen LogP contribution in [0.5, 0.6) is 0 Å². The number of rotatable bonds is 12. The van der Waals surface area contributed by atoms with Gasteiger partial charge in [0.1, 0.15) is 10.8 Å². The Hall–Kier alpha value is 0.274. The summed E-state index contributed by atoms with van der Waals surface area (Å²) in [7, 11) is 6.29. The lowest BCUT2D eigenvalue weighted by atomic mass is 10.4. The Morgan fingerprint density at radius 2 is 1.00 bits per heavy atom. The van der Waals surface area contributed by atoms with E-state index in [9.17, 15) is 0 Å². The van der Waals surface area contributed by atoms with Crippen LogP contribution in [0, 0.1) is 0 Å². The van der Waals surface area contributed by atoms with Crippen molar-refractivity contribution in [1.82, 2.24) is 0 Å². The quantitative estimate of drug-likeness (QED) is 0.309. The lowest BCUT2D eigenvalue weighted by Gasteiger charge is -2.31. The third-order valence-electron chi connectivity index (χ3n) is 4.18. The first-order valence-electron chi connectivity index (χ1n) is 7.28. The zero-order chi connectivity index (χ0) is 14.8. The maximum absolute atomic E-state index is 5.55. The van der Waals surface area contributed by atoms with Crippen LogP contribution in [0.1, 0.15) is 33.1 Å². The molecule has 4 nitrogen and oxygen atoms in total. The molecule has 0 atom stereocenters. The van der Waals surface area contributed by atoms with Crippen LogP contribution in [-0.2, 0) is 18.9 Å². The number of hydrogen-bond acceptors (Lipinski definition) is 4. The molecular formula is C13H32O4Si2. The summed E-state index contributed by atoms with van der Waals surface area (Å²) in [6.07, 6.45) is 3.14. The van der Waals surface area contributed by atoms with Crippen LogP contribution in [0.4, 0.5) is 0 Å². The Morgan fingerprint density at radius 1 is 0.684 bits per heavy atom. The number of methoxy groups -OCH3 is 4. The fourth-order valence-corrected chi connectivity index (χ4v) is 6.99. The minimum atomic E-state index is -0.368. The van der Waals surface area contributed by atoms with Gasteiger partial charge >= 0.3 is 0 Å². The number of ether oxygens (including phenoxy) is 4. The summed E-state index contributed by atoms with van der Waals surface area (Å²) in [5.41, 5.74) is -0.516. The van der Waals surface area contributed by atoms with Crippen molar-refractivity contribution in [2.75, 3.05) is 28.4 Å². The Balaban J connectivity index is 3.98. The molecule has 0 fully saturated rings. The van der Waals surface area contributed by atoms with E-state index < -0.39 is 0 Å². The summed E-state index contributed by atoms with van der Waals surface area (Å²) in [6, 6.07) is 2.52. The molecule has 0 aromatic rings. The molecular weight excluding hydrogens is 276 g/mol. The molecule has 0 spiro atoms. The highest BCUT2D eigenvalue weighted by Gasteiger charge is 2.28. The second-order valence-corrected chi connectivity index (χ2v) is 9.47. The van der Waals surface area contributed by atoms with Crippen molar-refractivity contribution in [3.8, 4) is 0 Å². The summed E-state index contributed by atoms with van der Waals surface area (Å²) in [5, 5.41) is 0. The van der Waals surface area contributed by atoms with E-state index >= 15 is 0 Å². The maximum Gasteiger partial charge on any atom is 0.143 e. The smallest absolute Gasteiger partial charge is 0.143 e. The van der Waals surface area contributed by atoms with Gasteiger partial charge in [-0.1, -0.05) is 32.4 Å². The summed E-state index contributed by atoms with van der Waals surface area (Å²) in [6.45, 7) is 4.26. The molecule has 0 bridgehead atoms. The number of hydrogen-bond donors (Lipinski definition) is 0. The van der Waals surface area contributed by atoms with E-state index in [1.54, 1.807) is 28.4 Å². The van der Waals surface area contributed by atoms with Gasteiger partial charge in [0, 0.05) is 28.4 Å². The molecule has 6 heteroatoms. The van der Waals surface area contributed by atoms with Crippen molar-refractivity contribution in [3.63, 3.8) is 0 Å². The van der Waals surface area contributed by atoms with E-state index in [0.717, 1.165) is 12.8 Å². The van der Waals surface area contributed by atoms with Crippen molar-refractivity contribution in [2.45, 2.75) is 56.0 Å². The van der Waals surface area contributed by atoms with Crippen LogP contribution in [0.25, 0.3) is 0 Å². The van der Waals surface area contributed by atoms with E-state index in [1.165, 1.54) is 18.5 Å². The summed E-state index contributed by atoms with van der Waals surface area (Å²) >= 11 is 0. The third kappa shape index (κ3) is 6.05. The second kappa shape index (κ2) is 10.1. The van der Waals surface area contributed by atoms with Crippen LogP contribution in [0.2, 0.25) is 12.1 Å². The van der Waals surface area contributed by atoms with Crippen molar-refractivity contribution in [1.29, 1.82) is 0 Å². The van der Waals surface area contributed by atoms with E-state index in [-0.39, 0.29) is 29.9 Å². The maximum atomic E-state index is 5.55. The molecule has 0 unspecified atom stereocenters. The van der Waals surface area contributed by atoms with Gasteiger partial charge in [-0.05, 0) is 12.8 Å². The highest BCUT2D eigenvalue weighted by atomic mass is 28.2. The Kier molecular flexibility index (Phi) is 10.2. The molecule has 0 aromatic heterocycles. The van der Waals surface area contributed by atoms with E-state index in [0.29, 0.717) is 0 Å². The predicted molar refractivity (Wildman–Crippen MR) is 85.4 cm³/mol. The zero-order valence-electron chi connectivity index (χ0n) is 13.6. The molecule has 0 rings (SSSR count). The Bertz CT molecular complexity index is 180. The summed E-state index contributed by atoms with van der Waals surface area (Å²) < 4.78 is 22.2. The molecule has 0 heterocycles. The first-order valence-corrected chi connectivity index (χ1v) is 10.7. The molecule has 0 radical (unpaired) electrons. The first kappa shape index (κ1) is 19.3. The zero-order valence-corrected chi connectivity index (χ0v) is 16.4. The van der Waals surface area contributed by atoms with Gasteiger partial charge in [-0.2, -0.15) is 0 Å². The second-order valence-electron chi connectivity index (χ2n) is 4.91. The molecule has 0 aliphatic heterocycles. The van der Waals surface area contributed by atoms with Gasteiger partial charge in [-0.15, -0.1) is 0 Å². The van der Waals surface area contributed by atoms with Crippen molar-refractivity contribution >= 4 is 19.0 Å². The standard InChI is InChI=1S/C13H32O4Si2/c1-7-12(14-3,15-4)18-10-9-11-19-13(8-2,16-5)17-6/h7-11,18-19H2,1-6H3. The Labute approximate surface area is 123 Å². The van der Waals surface area contributed by atoms with Gasteiger partial charge in [-0.3, -0.25) is 0 Å². The average Bonchev–Trinajstić information content (AvgIpc) is 2.48. The molecule has 0 aromatic carbocycles. The molecule has 0 aliphatic rings. The molecule has 116 valence electrons. The summed E-state index contributed by atoms with van der Waals surface area (Å²) in [4.78, 5) is 0. The van der Waals surface area contributed by atoms with Crippen LogP contribution in [0.15, 0.2) is 0 Å². The van der Waals surface area contributed by atoms with Crippen LogP contribution in [0.3, 0.4) is 0 Å². The monoisotopic (exact) mass is 308 g/mol. The van der Waals surface area contributed by atoms with Gasteiger partial charge in [0.2, 0.25) is 0 Å². The lowest BCUT2D eigenvalue weighted by Crippen LogP contribution is -2.40. The minimum absolute atomic E-state index is 0.258. The fraction of sp³-hybridized carbons (Fsp3) is 1.00. The van der Waals surface area contributed by atoms with Crippen molar-refractivity contribution < 1.29 is 18.9 Å². The molecule has 0 N–H and O–H groups in total. The molecule has 0 saturated carbocycles. The largest absolute Gasteiger partial charge is 0.358 e. The molecule has 0 amide bonds. The van der Waals surface area contributed by atoms with Crippen molar-refractivity contribution in [3.05, 3.63) is 0 Å². The van der Waals surface area contributed by atoms with Gasteiger partial charge in [0.05, 0.1) is 19.0 Å². The van der Waals surface area contributed by atoms with E-state index in [2.05, 4.69) is 13.8 Å². The highest BCUT2D eigenvalue weighted by molar-refractivity contribution is 6.40. The first-order chi connectivity index (χ1) is 9.07. The Morgan fingerprint density at radius 3 is 1.21 bits per heavy atom. The van der Waals surface area contributed by atoms with E-state index in [1.807, 2.05) is 0 Å². The SMILES string of the molecule is CCC(OC)(OC)[SiH2]CCC[SiH2]C(CC)(OC)OC. The van der Waals surface area contributed by atoms with Crippen molar-refractivity contribution in [2.24, 2.45) is 0 Å². The predicted octanol–water partition coefficient (Wildman–Crippen LogP) is 1.26. The van der Waals surface area contributed by atoms with Crippen LogP contribution in [-0.4, -0.2) is 58.3 Å². The van der Waals surface area contributed by atoms with E-state index in [4.69, 9.17) is 18.9 Å². The average molecular weight is 309 g/mol. The molecule has 0 aliphatic carbocycles. The fourth-order valence-electron chi connectivity index (χ4n) is 2.47. The summed E-state index contributed by atoms with van der Waals surface area (Å²) in [5.74, 6) is 0. The molecule has 19 heavy (non-hydrogen) atoms.